The second-order valence-corrected chi connectivity index (χ2v) is 10.8. The van der Waals surface area contributed by atoms with Crippen molar-refractivity contribution in [1.82, 2.24) is 14.5 Å². The minimum atomic E-state index is -4.23. The van der Waals surface area contributed by atoms with E-state index in [4.69, 9.17) is 4.74 Å². The van der Waals surface area contributed by atoms with Gasteiger partial charge in [0.25, 0.3) is 5.91 Å². The molecular formula is C28H26F2N4O6S. The lowest BCUT2D eigenvalue weighted by molar-refractivity contribution is 0.0689. The normalized spacial score (nSPS) is 12.1. The summed E-state index contributed by atoms with van der Waals surface area (Å²) in [5.41, 5.74) is 0.255. The van der Waals surface area contributed by atoms with Crippen LogP contribution in [0.2, 0.25) is 0 Å². The van der Waals surface area contributed by atoms with E-state index in [9.17, 15) is 31.9 Å². The number of aromatic carboxylic acids is 1. The quantitative estimate of drug-likeness (QED) is 0.230. The molecule has 0 saturated heterocycles. The molecule has 0 bridgehead atoms. The Labute approximate surface area is 234 Å². The molecule has 0 unspecified atom stereocenters. The Morgan fingerprint density at radius 2 is 1.63 bits per heavy atom. The number of amides is 1. The first-order chi connectivity index (χ1) is 19.4. The number of rotatable bonds is 10. The number of ether oxygens (including phenoxy) is 1. The van der Waals surface area contributed by atoms with Crippen LogP contribution in [0.1, 0.15) is 46.7 Å². The average molecular weight is 585 g/mol. The number of halogens is 2. The number of hydrogen-bond acceptors (Lipinski definition) is 6. The second-order valence-electron chi connectivity index (χ2n) is 9.13. The Morgan fingerprint density at radius 3 is 2.22 bits per heavy atom. The summed E-state index contributed by atoms with van der Waals surface area (Å²) in [7, 11) is -4.23. The van der Waals surface area contributed by atoms with Gasteiger partial charge < -0.3 is 15.2 Å². The molecule has 13 heteroatoms. The largest absolute Gasteiger partial charge is 0.476 e. The van der Waals surface area contributed by atoms with Crippen molar-refractivity contribution >= 4 is 27.6 Å². The second kappa shape index (κ2) is 11.9. The smallest absolute Gasteiger partial charge is 0.356 e. The van der Waals surface area contributed by atoms with Crippen molar-refractivity contribution in [2.45, 2.75) is 38.1 Å². The first kappa shape index (κ1) is 29.4. The summed E-state index contributed by atoms with van der Waals surface area (Å²) in [6, 6.07) is 13.3. The molecule has 214 valence electrons. The first-order valence-electron chi connectivity index (χ1n) is 12.4. The molecule has 41 heavy (non-hydrogen) atoms. The summed E-state index contributed by atoms with van der Waals surface area (Å²) in [6.07, 6.45) is 0.481. The Hall–Kier alpha value is -4.62. The lowest BCUT2D eigenvalue weighted by Crippen LogP contribution is -2.32. The van der Waals surface area contributed by atoms with Crippen LogP contribution >= 0.6 is 0 Å². The molecule has 10 nitrogen and oxygen atoms in total. The van der Waals surface area contributed by atoms with E-state index in [2.05, 4.69) is 15.1 Å². The van der Waals surface area contributed by atoms with Crippen LogP contribution in [0.15, 0.2) is 71.6 Å². The molecule has 0 aliphatic rings. The number of carboxylic acids is 1. The van der Waals surface area contributed by atoms with Gasteiger partial charge in [-0.15, -0.1) is 0 Å². The molecule has 3 N–H and O–H groups in total. The van der Waals surface area contributed by atoms with Crippen molar-refractivity contribution in [3.63, 3.8) is 0 Å². The molecule has 0 aliphatic carbocycles. The third-order valence-corrected chi connectivity index (χ3v) is 7.73. The highest BCUT2D eigenvalue weighted by Crippen LogP contribution is 2.35. The molecule has 0 fully saturated rings. The molecule has 0 aliphatic heterocycles. The Bertz CT molecular complexity index is 1700. The van der Waals surface area contributed by atoms with Crippen LogP contribution in [0.4, 0.5) is 14.5 Å². The number of carboxylic acid groups (broad SMARTS) is 1. The number of carbonyl (C=O) groups is 2. The lowest BCUT2D eigenvalue weighted by atomic mass is 10.2. The third-order valence-electron chi connectivity index (χ3n) is 6.11. The number of hydrogen-bond donors (Lipinski definition) is 3. The van der Waals surface area contributed by atoms with Crippen molar-refractivity contribution in [1.29, 1.82) is 0 Å². The van der Waals surface area contributed by atoms with Gasteiger partial charge in [0.1, 0.15) is 22.3 Å². The van der Waals surface area contributed by atoms with Crippen LogP contribution < -0.4 is 14.8 Å². The van der Waals surface area contributed by atoms with E-state index in [1.807, 2.05) is 0 Å². The van der Waals surface area contributed by atoms with E-state index < -0.39 is 39.6 Å². The van der Waals surface area contributed by atoms with Gasteiger partial charge in [-0.3, -0.25) is 4.79 Å². The third kappa shape index (κ3) is 6.58. The van der Waals surface area contributed by atoms with Crippen LogP contribution in [-0.4, -0.2) is 41.2 Å². The number of anilines is 1. The SMILES string of the molecule is CC[C@H](C)NS(=O)(=O)c1cc(NC(=O)c2ccc(F)cc2)ccc1Oc1c(C)c(C(=O)O)nn1-c1ccc(F)cc1. The molecule has 3 aromatic carbocycles. The lowest BCUT2D eigenvalue weighted by Gasteiger charge is -2.17. The summed E-state index contributed by atoms with van der Waals surface area (Å²) in [5.74, 6) is -3.30. The topological polar surface area (TPSA) is 140 Å². The number of benzene rings is 3. The standard InChI is InChI=1S/C28H26F2N4O6S/c1-4-16(2)33-41(38,39)24-15-21(31-26(35)18-5-7-19(29)8-6-18)11-14-23(24)40-27-17(3)25(28(36)37)32-34(27)22-12-9-20(30)10-13-22/h5-16,33H,4H2,1-3H3,(H,31,35)(H,36,37)/t16-/m0/s1. The van der Waals surface area contributed by atoms with Gasteiger partial charge in [-0.05, 0) is 87.0 Å². The molecule has 1 amide bonds. The number of nitrogens with one attached hydrogen (secondary N) is 2. The Balaban J connectivity index is 1.80. The predicted molar refractivity (Wildman–Crippen MR) is 146 cm³/mol. The highest BCUT2D eigenvalue weighted by Gasteiger charge is 2.27. The van der Waals surface area contributed by atoms with Gasteiger partial charge in [0.15, 0.2) is 5.69 Å². The van der Waals surface area contributed by atoms with E-state index in [0.717, 1.165) is 28.9 Å². The van der Waals surface area contributed by atoms with Crippen molar-refractivity contribution in [2.75, 3.05) is 5.32 Å². The van der Waals surface area contributed by atoms with E-state index in [0.29, 0.717) is 6.42 Å². The van der Waals surface area contributed by atoms with Gasteiger partial charge in [0.2, 0.25) is 15.9 Å². The summed E-state index contributed by atoms with van der Waals surface area (Å²) in [6.45, 7) is 4.90. The zero-order valence-electron chi connectivity index (χ0n) is 22.2. The minimum Gasteiger partial charge on any atom is -0.476 e. The molecule has 4 aromatic rings. The first-order valence-corrected chi connectivity index (χ1v) is 13.9. The van der Waals surface area contributed by atoms with Crippen LogP contribution in [-0.2, 0) is 10.0 Å². The van der Waals surface area contributed by atoms with E-state index in [1.54, 1.807) is 13.8 Å². The van der Waals surface area contributed by atoms with E-state index in [-0.39, 0.29) is 44.7 Å². The van der Waals surface area contributed by atoms with Crippen molar-refractivity contribution in [3.05, 3.63) is 95.2 Å². The molecule has 1 aromatic heterocycles. The number of aromatic nitrogens is 2. The van der Waals surface area contributed by atoms with E-state index >= 15 is 0 Å². The molecule has 0 spiro atoms. The van der Waals surface area contributed by atoms with Gasteiger partial charge in [0, 0.05) is 22.9 Å². The van der Waals surface area contributed by atoms with Crippen LogP contribution in [0.3, 0.4) is 0 Å². The maximum atomic E-state index is 13.6. The zero-order valence-corrected chi connectivity index (χ0v) is 23.0. The number of sulfonamides is 1. The fourth-order valence-corrected chi connectivity index (χ4v) is 5.24. The summed E-state index contributed by atoms with van der Waals surface area (Å²) >= 11 is 0. The van der Waals surface area contributed by atoms with Crippen LogP contribution in [0, 0.1) is 18.6 Å². The van der Waals surface area contributed by atoms with Gasteiger partial charge in [-0.25, -0.2) is 26.7 Å². The van der Waals surface area contributed by atoms with Crippen molar-refractivity contribution < 1.29 is 36.6 Å². The van der Waals surface area contributed by atoms with Crippen LogP contribution in [0.25, 0.3) is 5.69 Å². The average Bonchev–Trinajstić information content (AvgIpc) is 3.25. The van der Waals surface area contributed by atoms with Gasteiger partial charge in [-0.1, -0.05) is 6.92 Å². The molecule has 4 rings (SSSR count). The predicted octanol–water partition coefficient (Wildman–Crippen LogP) is 5.28. The molecule has 0 radical (unpaired) electrons. The Morgan fingerprint density at radius 1 is 1.02 bits per heavy atom. The highest BCUT2D eigenvalue weighted by molar-refractivity contribution is 7.89. The summed E-state index contributed by atoms with van der Waals surface area (Å²) in [5, 5.41) is 16.3. The summed E-state index contributed by atoms with van der Waals surface area (Å²) < 4.78 is 63.4. The van der Waals surface area contributed by atoms with Crippen molar-refractivity contribution in [3.8, 4) is 17.3 Å². The molecule has 1 heterocycles. The van der Waals surface area contributed by atoms with Crippen molar-refractivity contribution in [2.24, 2.45) is 0 Å². The fourth-order valence-electron chi connectivity index (χ4n) is 3.76. The highest BCUT2D eigenvalue weighted by atomic mass is 32.2. The van der Waals surface area contributed by atoms with Gasteiger partial charge in [0.05, 0.1) is 5.69 Å². The fraction of sp³-hybridized carbons (Fsp3) is 0.179. The number of carbonyl (C=O) groups excluding carboxylic acids is 1. The monoisotopic (exact) mass is 584 g/mol. The molecular weight excluding hydrogens is 558 g/mol. The summed E-state index contributed by atoms with van der Waals surface area (Å²) in [4.78, 5) is 24.2. The Kier molecular flexibility index (Phi) is 8.49. The van der Waals surface area contributed by atoms with Gasteiger partial charge >= 0.3 is 5.97 Å². The van der Waals surface area contributed by atoms with Crippen LogP contribution in [0.5, 0.6) is 11.6 Å². The van der Waals surface area contributed by atoms with Gasteiger partial charge in [-0.2, -0.15) is 9.78 Å². The maximum absolute atomic E-state index is 13.6. The molecule has 0 saturated carbocycles. The number of nitrogens with zero attached hydrogens (tertiary/aromatic N) is 2. The minimum absolute atomic E-state index is 0.0914. The maximum Gasteiger partial charge on any atom is 0.356 e. The molecule has 1 atom stereocenters. The zero-order chi connectivity index (χ0) is 29.9. The van der Waals surface area contributed by atoms with E-state index in [1.165, 1.54) is 49.4 Å².